The quantitative estimate of drug-likeness (QED) is 0.846. The van der Waals surface area contributed by atoms with Crippen LogP contribution in [0.1, 0.15) is 15.9 Å². The number of anilines is 1. The molecule has 2 aromatic carbocycles. The second-order valence-corrected chi connectivity index (χ2v) is 7.11. The number of rotatable bonds is 3. The van der Waals surface area contributed by atoms with Gasteiger partial charge in [-0.05, 0) is 36.4 Å². The molecule has 1 heterocycles. The van der Waals surface area contributed by atoms with E-state index in [9.17, 15) is 13.2 Å². The van der Waals surface area contributed by atoms with Gasteiger partial charge in [-0.3, -0.25) is 4.72 Å². The molecule has 0 amide bonds. The maximum absolute atomic E-state index is 12.3. The summed E-state index contributed by atoms with van der Waals surface area (Å²) in [6, 6.07) is 11.1. The number of esters is 1. The SMILES string of the molecule is O=C1OCc2ccc(NS(=O)(=O)c3ccc(Br)cc3)cc21. The van der Waals surface area contributed by atoms with Crippen molar-refractivity contribution in [1.29, 1.82) is 0 Å². The molecule has 2 aromatic rings. The van der Waals surface area contributed by atoms with Crippen LogP contribution in [0.5, 0.6) is 0 Å². The largest absolute Gasteiger partial charge is 0.457 e. The molecule has 1 N–H and O–H groups in total. The highest BCUT2D eigenvalue weighted by atomic mass is 79.9. The van der Waals surface area contributed by atoms with E-state index < -0.39 is 16.0 Å². The Kier molecular flexibility index (Phi) is 3.46. The van der Waals surface area contributed by atoms with Crippen molar-refractivity contribution in [3.8, 4) is 0 Å². The van der Waals surface area contributed by atoms with Gasteiger partial charge in [0.15, 0.2) is 0 Å². The molecule has 1 aliphatic rings. The molecule has 0 unspecified atom stereocenters. The monoisotopic (exact) mass is 367 g/mol. The summed E-state index contributed by atoms with van der Waals surface area (Å²) in [6.45, 7) is 0.230. The van der Waals surface area contributed by atoms with E-state index in [-0.39, 0.29) is 11.5 Å². The lowest BCUT2D eigenvalue weighted by Gasteiger charge is -2.08. The molecule has 0 aliphatic carbocycles. The van der Waals surface area contributed by atoms with Gasteiger partial charge in [0, 0.05) is 15.7 Å². The van der Waals surface area contributed by atoms with Gasteiger partial charge in [0.25, 0.3) is 10.0 Å². The van der Waals surface area contributed by atoms with Gasteiger partial charge in [-0.1, -0.05) is 22.0 Å². The third kappa shape index (κ3) is 2.79. The Morgan fingerprint density at radius 1 is 1.10 bits per heavy atom. The summed E-state index contributed by atoms with van der Waals surface area (Å²) in [5.74, 6) is -0.435. The first-order chi connectivity index (χ1) is 9.95. The number of ether oxygens (including phenoxy) is 1. The third-order valence-electron chi connectivity index (χ3n) is 3.06. The topological polar surface area (TPSA) is 72.5 Å². The predicted molar refractivity (Wildman–Crippen MR) is 80.5 cm³/mol. The molecule has 0 saturated carbocycles. The second-order valence-electron chi connectivity index (χ2n) is 4.51. The number of halogens is 1. The van der Waals surface area contributed by atoms with Crippen molar-refractivity contribution in [2.45, 2.75) is 11.5 Å². The summed E-state index contributed by atoms with van der Waals surface area (Å²) in [4.78, 5) is 11.6. The van der Waals surface area contributed by atoms with Gasteiger partial charge in [0.1, 0.15) is 6.61 Å². The molecule has 0 radical (unpaired) electrons. The molecule has 0 bridgehead atoms. The fourth-order valence-corrected chi connectivity index (χ4v) is 3.32. The van der Waals surface area contributed by atoms with Crippen LogP contribution >= 0.6 is 15.9 Å². The maximum Gasteiger partial charge on any atom is 0.338 e. The van der Waals surface area contributed by atoms with Crippen LogP contribution in [0.2, 0.25) is 0 Å². The Balaban J connectivity index is 1.91. The summed E-state index contributed by atoms with van der Waals surface area (Å²) >= 11 is 3.25. The van der Waals surface area contributed by atoms with Gasteiger partial charge in [0.05, 0.1) is 10.5 Å². The number of carbonyl (C=O) groups is 1. The molecule has 108 valence electrons. The fourth-order valence-electron chi connectivity index (χ4n) is 2.00. The molecule has 3 rings (SSSR count). The lowest BCUT2D eigenvalue weighted by atomic mass is 10.1. The van der Waals surface area contributed by atoms with Crippen LogP contribution in [0, 0.1) is 0 Å². The third-order valence-corrected chi connectivity index (χ3v) is 4.99. The molecule has 0 spiro atoms. The first-order valence-electron chi connectivity index (χ1n) is 6.04. The zero-order valence-electron chi connectivity index (χ0n) is 10.7. The highest BCUT2D eigenvalue weighted by molar-refractivity contribution is 9.10. The van der Waals surface area contributed by atoms with Gasteiger partial charge in [-0.25, -0.2) is 13.2 Å². The van der Waals surface area contributed by atoms with Crippen LogP contribution in [0.25, 0.3) is 0 Å². The van der Waals surface area contributed by atoms with E-state index in [0.717, 1.165) is 10.0 Å². The molecule has 1 aliphatic heterocycles. The molecule has 0 fully saturated rings. The van der Waals surface area contributed by atoms with Gasteiger partial charge in [-0.2, -0.15) is 0 Å². The molecule has 0 aromatic heterocycles. The lowest BCUT2D eigenvalue weighted by Crippen LogP contribution is -2.13. The second kappa shape index (κ2) is 5.16. The zero-order chi connectivity index (χ0) is 15.0. The van der Waals surface area contributed by atoms with E-state index in [4.69, 9.17) is 4.74 Å². The highest BCUT2D eigenvalue weighted by Gasteiger charge is 2.22. The Hall–Kier alpha value is -1.86. The molecular formula is C14H10BrNO4S. The Labute approximate surface area is 130 Å². The van der Waals surface area contributed by atoms with Crippen molar-refractivity contribution in [2.75, 3.05) is 4.72 Å². The number of benzene rings is 2. The fraction of sp³-hybridized carbons (Fsp3) is 0.0714. The van der Waals surface area contributed by atoms with Gasteiger partial charge in [-0.15, -0.1) is 0 Å². The van der Waals surface area contributed by atoms with Crippen LogP contribution in [0.4, 0.5) is 5.69 Å². The minimum atomic E-state index is -3.69. The van der Waals surface area contributed by atoms with E-state index in [2.05, 4.69) is 20.7 Å². The number of hydrogen-bond acceptors (Lipinski definition) is 4. The number of fused-ring (bicyclic) bond motifs is 1. The molecular weight excluding hydrogens is 358 g/mol. The van der Waals surface area contributed by atoms with Crippen LogP contribution in [0.15, 0.2) is 51.8 Å². The normalized spacial score (nSPS) is 13.7. The smallest absolute Gasteiger partial charge is 0.338 e. The molecule has 5 nitrogen and oxygen atoms in total. The minimum Gasteiger partial charge on any atom is -0.457 e. The molecule has 7 heteroatoms. The molecule has 0 saturated heterocycles. The number of carbonyl (C=O) groups excluding carboxylic acids is 1. The van der Waals surface area contributed by atoms with Gasteiger partial charge < -0.3 is 4.74 Å². The highest BCUT2D eigenvalue weighted by Crippen LogP contribution is 2.25. The van der Waals surface area contributed by atoms with E-state index in [0.29, 0.717) is 11.3 Å². The summed E-state index contributed by atoms with van der Waals surface area (Å²) in [6.07, 6.45) is 0. The number of cyclic esters (lactones) is 1. The van der Waals surface area contributed by atoms with E-state index in [1.165, 1.54) is 18.2 Å². The van der Waals surface area contributed by atoms with E-state index in [1.807, 2.05) is 0 Å². The van der Waals surface area contributed by atoms with Crippen molar-refractivity contribution in [2.24, 2.45) is 0 Å². The summed E-state index contributed by atoms with van der Waals surface area (Å²) in [5.41, 5.74) is 1.48. The summed E-state index contributed by atoms with van der Waals surface area (Å²) in [5, 5.41) is 0. The number of sulfonamides is 1. The standard InChI is InChI=1S/C14H10BrNO4S/c15-10-2-5-12(6-3-10)21(18,19)16-11-4-1-9-8-20-14(17)13(9)7-11/h1-7,16H,8H2. The first kappa shape index (κ1) is 14.1. The van der Waals surface area contributed by atoms with Crippen molar-refractivity contribution in [3.63, 3.8) is 0 Å². The van der Waals surface area contributed by atoms with Crippen molar-refractivity contribution < 1.29 is 17.9 Å². The molecule has 0 atom stereocenters. The minimum absolute atomic E-state index is 0.147. The average molecular weight is 368 g/mol. The van der Waals surface area contributed by atoms with Gasteiger partial charge in [0.2, 0.25) is 0 Å². The van der Waals surface area contributed by atoms with Crippen molar-refractivity contribution in [3.05, 3.63) is 58.1 Å². The Morgan fingerprint density at radius 2 is 1.81 bits per heavy atom. The number of hydrogen-bond donors (Lipinski definition) is 1. The Bertz CT molecular complexity index is 815. The van der Waals surface area contributed by atoms with E-state index in [1.54, 1.807) is 24.3 Å². The van der Waals surface area contributed by atoms with Crippen LogP contribution in [0.3, 0.4) is 0 Å². The Morgan fingerprint density at radius 3 is 2.52 bits per heavy atom. The van der Waals surface area contributed by atoms with Crippen LogP contribution in [-0.4, -0.2) is 14.4 Å². The first-order valence-corrected chi connectivity index (χ1v) is 8.32. The molecule has 21 heavy (non-hydrogen) atoms. The van der Waals surface area contributed by atoms with Crippen LogP contribution < -0.4 is 4.72 Å². The zero-order valence-corrected chi connectivity index (χ0v) is 13.1. The summed E-state index contributed by atoms with van der Waals surface area (Å²) in [7, 11) is -3.69. The number of nitrogens with one attached hydrogen (secondary N) is 1. The van der Waals surface area contributed by atoms with E-state index >= 15 is 0 Å². The summed E-state index contributed by atoms with van der Waals surface area (Å²) < 4.78 is 32.6. The van der Waals surface area contributed by atoms with Gasteiger partial charge >= 0.3 is 5.97 Å². The lowest BCUT2D eigenvalue weighted by molar-refractivity contribution is 0.0535. The maximum atomic E-state index is 12.3. The predicted octanol–water partition coefficient (Wildman–Crippen LogP) is 2.92. The van der Waals surface area contributed by atoms with Crippen molar-refractivity contribution in [1.82, 2.24) is 0 Å². The van der Waals surface area contributed by atoms with Crippen molar-refractivity contribution >= 4 is 37.6 Å². The van der Waals surface area contributed by atoms with Crippen LogP contribution in [-0.2, 0) is 21.4 Å². The average Bonchev–Trinajstić information content (AvgIpc) is 2.80.